The molecule has 1 heterocycles. The first-order chi connectivity index (χ1) is 9.47. The third-order valence-corrected chi connectivity index (χ3v) is 2.41. The van der Waals surface area contributed by atoms with Gasteiger partial charge in [0.05, 0.1) is 0 Å². The van der Waals surface area contributed by atoms with E-state index in [2.05, 4.69) is 10.4 Å². The predicted octanol–water partition coefficient (Wildman–Crippen LogP) is 1.50. The van der Waals surface area contributed by atoms with Gasteiger partial charge in [-0.05, 0) is 18.2 Å². The highest BCUT2D eigenvalue weighted by Gasteiger charge is 2.14. The second-order valence-electron chi connectivity index (χ2n) is 3.85. The Bertz CT molecular complexity index is 670. The zero-order valence-corrected chi connectivity index (χ0v) is 10.0. The lowest BCUT2D eigenvalue weighted by Crippen LogP contribution is -2.20. The van der Waals surface area contributed by atoms with Crippen molar-refractivity contribution in [3.63, 3.8) is 0 Å². The summed E-state index contributed by atoms with van der Waals surface area (Å²) in [7, 11) is 0. The van der Waals surface area contributed by atoms with Gasteiger partial charge in [-0.2, -0.15) is 5.10 Å². The molecule has 1 aromatic carbocycles. The van der Waals surface area contributed by atoms with Crippen LogP contribution in [0.15, 0.2) is 30.5 Å². The normalized spacial score (nSPS) is 10.3. The Labute approximate surface area is 111 Å². The minimum Gasteiger partial charge on any atom is -0.480 e. The molecule has 0 radical (unpaired) electrons. The molecule has 20 heavy (non-hydrogen) atoms. The molecule has 0 saturated heterocycles. The Hall–Kier alpha value is -2.77. The number of carboxylic acid groups (broad SMARTS) is 1. The van der Waals surface area contributed by atoms with Crippen molar-refractivity contribution >= 4 is 17.6 Å². The maximum absolute atomic E-state index is 13.0. The van der Waals surface area contributed by atoms with Gasteiger partial charge in [0.1, 0.15) is 12.2 Å². The van der Waals surface area contributed by atoms with Crippen LogP contribution in [0.3, 0.4) is 0 Å². The van der Waals surface area contributed by atoms with Gasteiger partial charge in [-0.25, -0.2) is 13.5 Å². The van der Waals surface area contributed by atoms with E-state index in [1.165, 1.54) is 18.3 Å². The van der Waals surface area contributed by atoms with Crippen LogP contribution in [0, 0.1) is 11.6 Å². The van der Waals surface area contributed by atoms with Crippen LogP contribution in [0.25, 0.3) is 0 Å². The third-order valence-electron chi connectivity index (χ3n) is 2.41. The minimum atomic E-state index is -1.16. The van der Waals surface area contributed by atoms with E-state index >= 15 is 0 Å². The zero-order valence-electron chi connectivity index (χ0n) is 10.0. The largest absolute Gasteiger partial charge is 0.480 e. The Morgan fingerprint density at radius 2 is 2.00 bits per heavy atom. The number of benzene rings is 1. The maximum Gasteiger partial charge on any atom is 0.325 e. The number of hydrogen-bond donors (Lipinski definition) is 2. The number of carbonyl (C=O) groups is 2. The number of rotatable bonds is 4. The van der Waals surface area contributed by atoms with Crippen molar-refractivity contribution in [1.29, 1.82) is 0 Å². The van der Waals surface area contributed by atoms with Crippen molar-refractivity contribution in [2.75, 3.05) is 5.32 Å². The summed E-state index contributed by atoms with van der Waals surface area (Å²) in [5, 5.41) is 14.7. The highest BCUT2D eigenvalue weighted by Crippen LogP contribution is 2.14. The number of nitrogens with one attached hydrogen (secondary N) is 1. The summed E-state index contributed by atoms with van der Waals surface area (Å²) in [6.45, 7) is -0.479. The lowest BCUT2D eigenvalue weighted by Gasteiger charge is -2.07. The molecular formula is C12H9F2N3O3. The first-order valence-electron chi connectivity index (χ1n) is 5.47. The van der Waals surface area contributed by atoms with E-state index in [9.17, 15) is 18.4 Å². The van der Waals surface area contributed by atoms with Crippen LogP contribution in [-0.2, 0) is 11.3 Å². The van der Waals surface area contributed by atoms with E-state index in [1.54, 1.807) is 0 Å². The Morgan fingerprint density at radius 1 is 1.25 bits per heavy atom. The lowest BCUT2D eigenvalue weighted by molar-refractivity contribution is -0.137. The maximum atomic E-state index is 13.0. The molecular weight excluding hydrogens is 272 g/mol. The Morgan fingerprint density at radius 3 is 2.65 bits per heavy atom. The molecule has 0 atom stereocenters. The van der Waals surface area contributed by atoms with E-state index in [4.69, 9.17) is 5.11 Å². The Balaban J connectivity index is 2.17. The number of aromatic nitrogens is 2. The second kappa shape index (κ2) is 5.47. The second-order valence-corrected chi connectivity index (χ2v) is 3.85. The van der Waals surface area contributed by atoms with Gasteiger partial charge in [0.25, 0.3) is 5.91 Å². The van der Waals surface area contributed by atoms with E-state index in [-0.39, 0.29) is 11.4 Å². The van der Waals surface area contributed by atoms with Gasteiger partial charge in [-0.1, -0.05) is 0 Å². The molecule has 0 aliphatic heterocycles. The zero-order chi connectivity index (χ0) is 14.7. The van der Waals surface area contributed by atoms with Gasteiger partial charge in [-0.3, -0.25) is 9.59 Å². The van der Waals surface area contributed by atoms with Crippen LogP contribution in [0.4, 0.5) is 14.5 Å². The Kier molecular flexibility index (Phi) is 3.74. The lowest BCUT2D eigenvalue weighted by atomic mass is 10.3. The SMILES string of the molecule is O=C(O)Cn1nccc1C(=O)Nc1ccc(F)c(F)c1. The summed E-state index contributed by atoms with van der Waals surface area (Å²) in [5.41, 5.74) is 0.0501. The van der Waals surface area contributed by atoms with Gasteiger partial charge in [0.15, 0.2) is 11.6 Å². The molecule has 8 heteroatoms. The van der Waals surface area contributed by atoms with Crippen LogP contribution >= 0.6 is 0 Å². The average Bonchev–Trinajstić information content (AvgIpc) is 2.81. The fraction of sp³-hybridized carbons (Fsp3) is 0.0833. The smallest absolute Gasteiger partial charge is 0.325 e. The number of anilines is 1. The van der Waals surface area contributed by atoms with Crippen LogP contribution in [0.1, 0.15) is 10.5 Å². The molecule has 0 fully saturated rings. The molecule has 104 valence electrons. The molecule has 0 bridgehead atoms. The number of nitrogens with zero attached hydrogens (tertiary/aromatic N) is 2. The fourth-order valence-corrected chi connectivity index (χ4v) is 1.55. The van der Waals surface area contributed by atoms with Gasteiger partial charge >= 0.3 is 5.97 Å². The molecule has 2 rings (SSSR count). The highest BCUT2D eigenvalue weighted by molar-refractivity contribution is 6.03. The van der Waals surface area contributed by atoms with Crippen molar-refractivity contribution in [3.05, 3.63) is 47.8 Å². The number of carboxylic acids is 1. The summed E-state index contributed by atoms with van der Waals surface area (Å²) >= 11 is 0. The minimum absolute atomic E-state index is 0.00265. The monoisotopic (exact) mass is 281 g/mol. The number of carbonyl (C=O) groups excluding carboxylic acids is 1. The molecule has 1 amide bonds. The quantitative estimate of drug-likeness (QED) is 0.889. The van der Waals surface area contributed by atoms with E-state index in [1.807, 2.05) is 0 Å². The van der Waals surface area contributed by atoms with E-state index in [0.717, 1.165) is 16.8 Å². The number of halogens is 2. The predicted molar refractivity (Wildman–Crippen MR) is 64.2 cm³/mol. The first-order valence-corrected chi connectivity index (χ1v) is 5.47. The summed E-state index contributed by atoms with van der Waals surface area (Å²) in [6.07, 6.45) is 1.27. The van der Waals surface area contributed by atoms with Crippen LogP contribution in [0.5, 0.6) is 0 Å². The average molecular weight is 281 g/mol. The van der Waals surface area contributed by atoms with Crippen LogP contribution < -0.4 is 5.32 Å². The molecule has 6 nitrogen and oxygen atoms in total. The van der Waals surface area contributed by atoms with E-state index in [0.29, 0.717) is 0 Å². The van der Waals surface area contributed by atoms with E-state index < -0.39 is 30.1 Å². The summed E-state index contributed by atoms with van der Waals surface area (Å²) in [6, 6.07) is 4.21. The first kappa shape index (κ1) is 13.7. The van der Waals surface area contributed by atoms with Crippen LogP contribution in [0.2, 0.25) is 0 Å². The summed E-state index contributed by atoms with van der Waals surface area (Å²) < 4.78 is 26.7. The molecule has 0 spiro atoms. The molecule has 1 aromatic heterocycles. The third kappa shape index (κ3) is 2.97. The van der Waals surface area contributed by atoms with Gasteiger partial charge in [-0.15, -0.1) is 0 Å². The van der Waals surface area contributed by atoms with Crippen molar-refractivity contribution in [2.45, 2.75) is 6.54 Å². The molecule has 2 aromatic rings. The standard InChI is InChI=1S/C12H9F2N3O3/c13-8-2-1-7(5-9(8)14)16-12(20)10-3-4-15-17(10)6-11(18)19/h1-5H,6H2,(H,16,20)(H,18,19). The fourth-order valence-electron chi connectivity index (χ4n) is 1.55. The van der Waals surface area contributed by atoms with Crippen molar-refractivity contribution in [1.82, 2.24) is 9.78 Å². The van der Waals surface area contributed by atoms with Gasteiger partial charge in [0, 0.05) is 18.0 Å². The number of amides is 1. The molecule has 2 N–H and O–H groups in total. The number of aliphatic carboxylic acids is 1. The van der Waals surface area contributed by atoms with Gasteiger partial charge in [0.2, 0.25) is 0 Å². The molecule has 0 unspecified atom stereocenters. The highest BCUT2D eigenvalue weighted by atomic mass is 19.2. The van der Waals surface area contributed by atoms with Crippen LogP contribution in [-0.4, -0.2) is 26.8 Å². The molecule has 0 saturated carbocycles. The van der Waals surface area contributed by atoms with Crippen molar-refractivity contribution in [3.8, 4) is 0 Å². The number of hydrogen-bond acceptors (Lipinski definition) is 3. The molecule has 0 aliphatic rings. The van der Waals surface area contributed by atoms with Gasteiger partial charge < -0.3 is 10.4 Å². The van der Waals surface area contributed by atoms with Crippen molar-refractivity contribution < 1.29 is 23.5 Å². The topological polar surface area (TPSA) is 84.2 Å². The summed E-state index contributed by atoms with van der Waals surface area (Å²) in [4.78, 5) is 22.5. The summed E-state index contributed by atoms with van der Waals surface area (Å²) in [5.74, 6) is -3.95. The molecule has 0 aliphatic carbocycles. The van der Waals surface area contributed by atoms with Crippen molar-refractivity contribution in [2.24, 2.45) is 0 Å².